The Morgan fingerprint density at radius 1 is 0.732 bits per heavy atom. The molecule has 4 unspecified atom stereocenters. The van der Waals surface area contributed by atoms with E-state index in [4.69, 9.17) is 9.47 Å². The average molecular weight is 1000 g/mol. The largest absolute Gasteiger partial charge is 0.507 e. The molecule has 9 atom stereocenters. The number of phenols is 1. The molecule has 3 rings (SSSR count). The fourth-order valence-electron chi connectivity index (χ4n) is 7.79. The van der Waals surface area contributed by atoms with Crippen LogP contribution in [-0.4, -0.2) is 171 Å². The Balaban J connectivity index is 1.45. The standard InChI is InChI=1S/C50H76N6O15/c1-29(2)18-14-12-10-8-9-11-13-15-21-41(60)56(7)37(28-57)48(67)53-30(3)46(65)51-26-42(61)55(6)27-40(59)52-31(4)47(66)54-36(49(68)69)25-33-22-23-38(58)35(24-33)34-19-16-17-20-39(34)71-50-45(64)44(63)43(62)32(5)70-50/h16-17,19-20,22-24,29-32,36-37,43-45,50,57-58,62-64H,8-15,18,21,25-28H2,1-7H3,(H,51,65)(H,52,59)(H,53,67)(H,54,66)(H,68,69)/t30?,31?,32-,36?,37?,43-,44+,45+,50-/m1/s1. The van der Waals surface area contributed by atoms with Crippen molar-refractivity contribution >= 4 is 41.4 Å². The van der Waals surface area contributed by atoms with Gasteiger partial charge in [0.05, 0.1) is 25.8 Å². The number of likely N-dealkylation sites (N-methyl/N-ethyl adjacent to an activating group) is 2. The van der Waals surface area contributed by atoms with Gasteiger partial charge in [0.15, 0.2) is 0 Å². The second kappa shape index (κ2) is 29.5. The van der Waals surface area contributed by atoms with E-state index in [9.17, 15) is 64.2 Å². The molecule has 10 N–H and O–H groups in total. The van der Waals surface area contributed by atoms with Crippen molar-refractivity contribution in [2.24, 2.45) is 5.92 Å². The molecule has 0 aromatic heterocycles. The zero-order valence-corrected chi connectivity index (χ0v) is 42.0. The van der Waals surface area contributed by atoms with Crippen LogP contribution >= 0.6 is 0 Å². The number of carboxylic acids is 1. The van der Waals surface area contributed by atoms with Crippen LogP contribution < -0.4 is 26.0 Å². The van der Waals surface area contributed by atoms with Crippen LogP contribution in [0, 0.1) is 5.92 Å². The fraction of sp³-hybridized carbons (Fsp3) is 0.620. The normalized spacial score (nSPS) is 19.4. The minimum absolute atomic E-state index is 0.121. The van der Waals surface area contributed by atoms with Crippen molar-refractivity contribution in [2.45, 2.75) is 160 Å². The number of hydrogen-bond donors (Lipinski definition) is 10. The highest BCUT2D eigenvalue weighted by Crippen LogP contribution is 2.38. The van der Waals surface area contributed by atoms with Gasteiger partial charge in [-0.3, -0.25) is 28.8 Å². The molecule has 1 fully saturated rings. The van der Waals surface area contributed by atoms with Crippen LogP contribution in [0.2, 0.25) is 0 Å². The number of para-hydroxylation sites is 1. The van der Waals surface area contributed by atoms with Gasteiger partial charge in [0.1, 0.15) is 54.0 Å². The molecular weight excluding hydrogens is 925 g/mol. The number of carbonyl (C=O) groups excluding carboxylic acids is 6. The van der Waals surface area contributed by atoms with Crippen LogP contribution in [0.5, 0.6) is 11.5 Å². The Morgan fingerprint density at radius 2 is 1.35 bits per heavy atom. The number of carboxylic acid groups (broad SMARTS) is 1. The van der Waals surface area contributed by atoms with Crippen molar-refractivity contribution in [3.8, 4) is 22.6 Å². The smallest absolute Gasteiger partial charge is 0.326 e. The number of benzene rings is 2. The molecule has 1 aliphatic rings. The third-order valence-electron chi connectivity index (χ3n) is 12.3. The summed E-state index contributed by atoms with van der Waals surface area (Å²) in [5.41, 5.74) is 0.864. The number of unbranched alkanes of at least 4 members (excludes halogenated alkanes) is 7. The second-order valence-electron chi connectivity index (χ2n) is 18.7. The fourth-order valence-corrected chi connectivity index (χ4v) is 7.79. The molecule has 71 heavy (non-hydrogen) atoms. The summed E-state index contributed by atoms with van der Waals surface area (Å²) in [6.07, 6.45) is 2.88. The van der Waals surface area contributed by atoms with E-state index >= 15 is 0 Å². The maximum absolute atomic E-state index is 13.1. The number of phenolic OH excluding ortho intramolecular Hbond substituents is 1. The van der Waals surface area contributed by atoms with Gasteiger partial charge in [-0.1, -0.05) is 89.5 Å². The highest BCUT2D eigenvalue weighted by atomic mass is 16.7. The number of nitrogens with zero attached hydrogens (tertiary/aromatic N) is 2. The molecule has 21 heteroatoms. The van der Waals surface area contributed by atoms with Crippen LogP contribution in [0.25, 0.3) is 11.1 Å². The predicted molar refractivity (Wildman–Crippen MR) is 260 cm³/mol. The SMILES string of the molecule is CC(C)CCCCCCCCCCC(=O)N(C)C(CO)C(=O)NC(C)C(=O)NCC(=O)N(C)CC(=O)NC(C)C(=O)NC(Cc1ccc(O)c(-c2ccccc2O[C@H]2O[C@H](C)[C@@H](O)[C@H](O)[C@@H]2O)c1)C(=O)O. The number of aromatic hydroxyl groups is 1. The molecule has 396 valence electrons. The van der Waals surface area contributed by atoms with E-state index < -0.39 is 110 Å². The van der Waals surface area contributed by atoms with E-state index in [0.717, 1.165) is 41.4 Å². The highest BCUT2D eigenvalue weighted by molar-refractivity contribution is 5.94. The average Bonchev–Trinajstić information content (AvgIpc) is 3.32. The summed E-state index contributed by atoms with van der Waals surface area (Å²) >= 11 is 0. The molecule has 21 nitrogen and oxygen atoms in total. The van der Waals surface area contributed by atoms with Gasteiger partial charge < -0.3 is 71.2 Å². The predicted octanol–water partition coefficient (Wildman–Crippen LogP) is 1.34. The zero-order valence-electron chi connectivity index (χ0n) is 42.0. The van der Waals surface area contributed by atoms with Crippen LogP contribution in [0.15, 0.2) is 42.5 Å². The topological polar surface area (TPSA) is 314 Å². The van der Waals surface area contributed by atoms with Crippen LogP contribution in [0.3, 0.4) is 0 Å². The van der Waals surface area contributed by atoms with Crippen LogP contribution in [0.1, 0.15) is 104 Å². The first-order valence-electron chi connectivity index (χ1n) is 24.3. The number of amides is 6. The lowest BCUT2D eigenvalue weighted by molar-refractivity contribution is -0.268. The van der Waals surface area contributed by atoms with E-state index in [-0.39, 0.29) is 35.8 Å². The Labute approximate surface area is 415 Å². The van der Waals surface area contributed by atoms with Gasteiger partial charge in [-0.2, -0.15) is 0 Å². The van der Waals surface area contributed by atoms with Crippen LogP contribution in [0.4, 0.5) is 0 Å². The summed E-state index contributed by atoms with van der Waals surface area (Å²) in [5.74, 6) is -4.95. The van der Waals surface area contributed by atoms with Gasteiger partial charge in [-0.05, 0) is 56.9 Å². The van der Waals surface area contributed by atoms with E-state index in [0.29, 0.717) is 17.5 Å². The minimum Gasteiger partial charge on any atom is -0.507 e. The quantitative estimate of drug-likeness (QED) is 0.0515. The van der Waals surface area contributed by atoms with Gasteiger partial charge in [0.2, 0.25) is 41.7 Å². The molecule has 1 aliphatic heterocycles. The van der Waals surface area contributed by atoms with Gasteiger partial charge in [0, 0.05) is 38.1 Å². The maximum atomic E-state index is 13.1. The molecule has 0 bridgehead atoms. The number of nitrogens with one attached hydrogen (secondary N) is 4. The molecular formula is C50H76N6O15. The Morgan fingerprint density at radius 3 is 1.99 bits per heavy atom. The zero-order chi connectivity index (χ0) is 52.9. The highest BCUT2D eigenvalue weighted by Gasteiger charge is 2.43. The van der Waals surface area contributed by atoms with E-state index in [1.807, 2.05) is 0 Å². The first kappa shape index (κ1) is 59.4. The van der Waals surface area contributed by atoms with Crippen molar-refractivity contribution in [1.29, 1.82) is 0 Å². The second-order valence-corrected chi connectivity index (χ2v) is 18.7. The summed E-state index contributed by atoms with van der Waals surface area (Å²) in [4.78, 5) is 91.9. The summed E-state index contributed by atoms with van der Waals surface area (Å²) in [5, 5.41) is 71.2. The number of rotatable bonds is 29. The third kappa shape index (κ3) is 19.0. The monoisotopic (exact) mass is 1000 g/mol. The lowest BCUT2D eigenvalue weighted by Gasteiger charge is -2.39. The molecule has 2 aromatic carbocycles. The molecule has 0 radical (unpaired) electrons. The van der Waals surface area contributed by atoms with Crippen molar-refractivity contribution in [2.75, 3.05) is 33.8 Å². The third-order valence-corrected chi connectivity index (χ3v) is 12.3. The first-order valence-corrected chi connectivity index (χ1v) is 24.3. The van der Waals surface area contributed by atoms with Gasteiger partial charge in [-0.25, -0.2) is 4.79 Å². The Hall–Kier alpha value is -5.87. The number of carbonyl (C=O) groups is 7. The molecule has 0 saturated carbocycles. The van der Waals surface area contributed by atoms with Gasteiger partial charge >= 0.3 is 5.97 Å². The lowest BCUT2D eigenvalue weighted by Crippen LogP contribution is -2.58. The number of aliphatic hydroxyl groups is 4. The molecule has 1 saturated heterocycles. The number of hydrogen-bond acceptors (Lipinski definition) is 14. The van der Waals surface area contributed by atoms with Crippen molar-refractivity contribution in [1.82, 2.24) is 31.1 Å². The maximum Gasteiger partial charge on any atom is 0.326 e. The molecule has 6 amide bonds. The van der Waals surface area contributed by atoms with E-state index in [1.165, 1.54) is 84.8 Å². The molecule has 0 spiro atoms. The molecule has 0 aliphatic carbocycles. The molecule has 2 aromatic rings. The first-order chi connectivity index (χ1) is 33.5. The lowest BCUT2D eigenvalue weighted by atomic mass is 9.97. The van der Waals surface area contributed by atoms with Crippen LogP contribution in [-0.2, 0) is 44.7 Å². The van der Waals surface area contributed by atoms with E-state index in [2.05, 4.69) is 35.1 Å². The molecule has 1 heterocycles. The number of ether oxygens (including phenoxy) is 2. The summed E-state index contributed by atoms with van der Waals surface area (Å²) in [6.45, 7) is 6.83. The minimum atomic E-state index is -1.61. The van der Waals surface area contributed by atoms with Gasteiger partial charge in [0.25, 0.3) is 0 Å². The summed E-state index contributed by atoms with van der Waals surface area (Å²) < 4.78 is 11.4. The van der Waals surface area contributed by atoms with Crippen molar-refractivity contribution in [3.05, 3.63) is 48.0 Å². The summed E-state index contributed by atoms with van der Waals surface area (Å²) in [6, 6.07) is 5.43. The summed E-state index contributed by atoms with van der Waals surface area (Å²) in [7, 11) is 2.69. The van der Waals surface area contributed by atoms with E-state index in [1.54, 1.807) is 18.2 Å². The Kier molecular flexibility index (Phi) is 24.7. The van der Waals surface area contributed by atoms with Gasteiger partial charge in [-0.15, -0.1) is 0 Å². The Bertz CT molecular complexity index is 2090. The number of aliphatic hydroxyl groups excluding tert-OH is 4. The number of aliphatic carboxylic acids is 1. The van der Waals surface area contributed by atoms with Crippen molar-refractivity contribution < 1.29 is 73.7 Å². The van der Waals surface area contributed by atoms with Crippen molar-refractivity contribution in [3.63, 3.8) is 0 Å².